The number of hydrogen-bond donors (Lipinski definition) is 3. The Labute approximate surface area is 276 Å². The lowest BCUT2D eigenvalue weighted by molar-refractivity contribution is -0.161. The largest absolute Gasteiger partial charge is 0.468 e. The van der Waals surface area contributed by atoms with Crippen molar-refractivity contribution in [2.45, 2.75) is 74.9 Å². The molecule has 0 bridgehead atoms. The highest BCUT2D eigenvalue weighted by Gasteiger charge is 2.51. The van der Waals surface area contributed by atoms with Crippen LogP contribution in [0.2, 0.25) is 0 Å². The van der Waals surface area contributed by atoms with E-state index in [1.807, 2.05) is 6.07 Å². The van der Waals surface area contributed by atoms with Gasteiger partial charge in [-0.1, -0.05) is 78.9 Å². The summed E-state index contributed by atoms with van der Waals surface area (Å²) >= 11 is 0. The van der Waals surface area contributed by atoms with Crippen molar-refractivity contribution in [3.8, 4) is 17.2 Å². The van der Waals surface area contributed by atoms with E-state index in [0.29, 0.717) is 24.0 Å². The standard InChI is InChI=1S/C36H38F4N4O4/c1-34(2,37)20-29(32(46)43-28(21-41)19-23-7-5-4-6-8-23)44-31(36(38,39)40)26-11-9-24(10-12-26)25-13-15-27(16-14-25)35(17-18-35)33(47)42-22-30(45)48-3/h4-16,28-29,31,44H,17-20,22H2,1-3H3,(H,42,47)(H,43,46)/t28-,29-,31-/m0/s1. The monoisotopic (exact) mass is 666 g/mol. The number of methoxy groups -OCH3 is 1. The molecule has 1 aliphatic carbocycles. The van der Waals surface area contributed by atoms with Crippen LogP contribution in [0.5, 0.6) is 0 Å². The molecule has 48 heavy (non-hydrogen) atoms. The number of esters is 1. The molecule has 4 rings (SSSR count). The Morgan fingerprint density at radius 2 is 1.50 bits per heavy atom. The van der Waals surface area contributed by atoms with Gasteiger partial charge in [-0.2, -0.15) is 18.4 Å². The molecule has 8 nitrogen and oxygen atoms in total. The fourth-order valence-electron chi connectivity index (χ4n) is 5.56. The van der Waals surface area contributed by atoms with Gasteiger partial charge >= 0.3 is 12.1 Å². The third kappa shape index (κ3) is 9.41. The van der Waals surface area contributed by atoms with Gasteiger partial charge in [0.1, 0.15) is 24.3 Å². The topological polar surface area (TPSA) is 120 Å². The van der Waals surface area contributed by atoms with E-state index in [-0.39, 0.29) is 24.4 Å². The van der Waals surface area contributed by atoms with E-state index in [1.165, 1.54) is 45.2 Å². The Balaban J connectivity index is 1.50. The number of ether oxygens (including phenoxy) is 1. The zero-order valence-corrected chi connectivity index (χ0v) is 26.9. The zero-order valence-electron chi connectivity index (χ0n) is 26.9. The summed E-state index contributed by atoms with van der Waals surface area (Å²) in [6.07, 6.45) is -4.05. The predicted octanol–water partition coefficient (Wildman–Crippen LogP) is 5.63. The second kappa shape index (κ2) is 15.0. The van der Waals surface area contributed by atoms with E-state index in [2.05, 4.69) is 20.7 Å². The summed E-state index contributed by atoms with van der Waals surface area (Å²) in [5, 5.41) is 17.0. The molecular weight excluding hydrogens is 628 g/mol. The van der Waals surface area contributed by atoms with E-state index in [1.54, 1.807) is 54.6 Å². The molecule has 1 aliphatic rings. The van der Waals surface area contributed by atoms with E-state index in [9.17, 15) is 37.2 Å². The van der Waals surface area contributed by atoms with Crippen molar-refractivity contribution >= 4 is 17.8 Å². The van der Waals surface area contributed by atoms with Crippen molar-refractivity contribution in [3.63, 3.8) is 0 Å². The number of alkyl halides is 4. The van der Waals surface area contributed by atoms with Crippen LogP contribution >= 0.6 is 0 Å². The van der Waals surface area contributed by atoms with E-state index >= 15 is 0 Å². The number of nitriles is 1. The second-order valence-corrected chi connectivity index (χ2v) is 12.5. The Hall–Kier alpha value is -4.76. The van der Waals surface area contributed by atoms with Gasteiger partial charge in [-0.3, -0.25) is 19.7 Å². The third-order valence-electron chi connectivity index (χ3n) is 8.28. The number of nitrogens with zero attached hydrogens (tertiary/aromatic N) is 1. The lowest BCUT2D eigenvalue weighted by Crippen LogP contribution is -2.53. The lowest BCUT2D eigenvalue weighted by atomic mass is 9.92. The molecule has 0 heterocycles. The van der Waals surface area contributed by atoms with E-state index in [0.717, 1.165) is 11.1 Å². The van der Waals surface area contributed by atoms with E-state index in [4.69, 9.17) is 0 Å². The van der Waals surface area contributed by atoms with Crippen LogP contribution in [0.4, 0.5) is 17.6 Å². The minimum Gasteiger partial charge on any atom is -0.468 e. The van der Waals surface area contributed by atoms with Gasteiger partial charge in [0.25, 0.3) is 0 Å². The molecule has 0 spiro atoms. The van der Waals surface area contributed by atoms with Gasteiger partial charge in [0.2, 0.25) is 11.8 Å². The third-order valence-corrected chi connectivity index (χ3v) is 8.28. The summed E-state index contributed by atoms with van der Waals surface area (Å²) < 4.78 is 62.7. The van der Waals surface area contributed by atoms with Gasteiger partial charge in [0.05, 0.1) is 24.6 Å². The number of nitrogens with one attached hydrogen (secondary N) is 3. The van der Waals surface area contributed by atoms with Gasteiger partial charge < -0.3 is 15.4 Å². The van der Waals surface area contributed by atoms with Crippen LogP contribution in [0.15, 0.2) is 78.9 Å². The molecular formula is C36H38F4N4O4. The van der Waals surface area contributed by atoms with Crippen LogP contribution in [0.3, 0.4) is 0 Å². The first-order valence-electron chi connectivity index (χ1n) is 15.5. The van der Waals surface area contributed by atoms with Gasteiger partial charge in [0.15, 0.2) is 0 Å². The van der Waals surface area contributed by atoms with Gasteiger partial charge in [0, 0.05) is 12.8 Å². The normalized spacial score (nSPS) is 15.7. The van der Waals surface area contributed by atoms with Crippen LogP contribution in [0, 0.1) is 11.3 Å². The molecule has 0 unspecified atom stereocenters. The summed E-state index contributed by atoms with van der Waals surface area (Å²) in [4.78, 5) is 37.4. The summed E-state index contributed by atoms with van der Waals surface area (Å²) in [5.41, 5.74) is -0.104. The highest BCUT2D eigenvalue weighted by Crippen LogP contribution is 2.48. The van der Waals surface area contributed by atoms with Crippen molar-refractivity contribution in [2.24, 2.45) is 0 Å². The first kappa shape index (κ1) is 36.1. The number of carbonyl (C=O) groups is 3. The Bertz CT molecular complexity index is 1610. The first-order chi connectivity index (χ1) is 22.6. The van der Waals surface area contributed by atoms with Crippen molar-refractivity contribution in [1.82, 2.24) is 16.0 Å². The molecule has 254 valence electrons. The SMILES string of the molecule is COC(=O)CNC(=O)C1(c2ccc(-c3ccc([C@H](N[C@@H](CC(C)(C)F)C(=O)N[C@H](C#N)Cc4ccccc4)C(F)(F)F)cc3)cc2)CC1. The molecule has 0 radical (unpaired) electrons. The van der Waals surface area contributed by atoms with Crippen molar-refractivity contribution < 1.29 is 36.7 Å². The molecule has 3 aromatic carbocycles. The minimum atomic E-state index is -4.84. The Kier molecular flexibility index (Phi) is 11.3. The molecule has 2 amide bonds. The van der Waals surface area contributed by atoms with Crippen molar-refractivity contribution in [2.75, 3.05) is 13.7 Å². The molecule has 3 atom stereocenters. The molecule has 0 saturated heterocycles. The Morgan fingerprint density at radius 1 is 0.917 bits per heavy atom. The highest BCUT2D eigenvalue weighted by atomic mass is 19.4. The van der Waals surface area contributed by atoms with Crippen LogP contribution in [-0.2, 0) is 31.0 Å². The van der Waals surface area contributed by atoms with Crippen LogP contribution < -0.4 is 16.0 Å². The minimum absolute atomic E-state index is 0.129. The molecule has 1 saturated carbocycles. The van der Waals surface area contributed by atoms with Gasteiger partial charge in [-0.05, 0) is 54.5 Å². The number of rotatable bonds is 14. The molecule has 12 heteroatoms. The number of hydrogen-bond acceptors (Lipinski definition) is 6. The maximum absolute atomic E-state index is 14.8. The summed E-state index contributed by atoms with van der Waals surface area (Å²) in [6.45, 7) is 2.10. The summed E-state index contributed by atoms with van der Waals surface area (Å²) in [5.74, 6) is -1.75. The van der Waals surface area contributed by atoms with Crippen LogP contribution in [0.25, 0.3) is 11.1 Å². The molecule has 1 fully saturated rings. The maximum atomic E-state index is 14.8. The lowest BCUT2D eigenvalue weighted by Gasteiger charge is -2.30. The molecule has 3 N–H and O–H groups in total. The summed E-state index contributed by atoms with van der Waals surface area (Å²) in [6, 6.07) is 18.5. The van der Waals surface area contributed by atoms with Crippen LogP contribution in [-0.4, -0.2) is 55.4 Å². The fourth-order valence-corrected chi connectivity index (χ4v) is 5.56. The van der Waals surface area contributed by atoms with Crippen LogP contribution in [0.1, 0.15) is 55.8 Å². The fraction of sp³-hybridized carbons (Fsp3) is 0.389. The Morgan fingerprint density at radius 3 is 2.00 bits per heavy atom. The van der Waals surface area contributed by atoms with E-state index < -0.39 is 53.7 Å². The first-order valence-corrected chi connectivity index (χ1v) is 15.5. The number of halogens is 4. The van der Waals surface area contributed by atoms with Crippen molar-refractivity contribution in [3.05, 3.63) is 95.6 Å². The predicted molar refractivity (Wildman–Crippen MR) is 171 cm³/mol. The second-order valence-electron chi connectivity index (χ2n) is 12.5. The molecule has 3 aromatic rings. The van der Waals surface area contributed by atoms with Crippen molar-refractivity contribution in [1.29, 1.82) is 5.26 Å². The maximum Gasteiger partial charge on any atom is 0.407 e. The number of benzene rings is 3. The average Bonchev–Trinajstić information content (AvgIpc) is 3.87. The molecule has 0 aromatic heterocycles. The number of amides is 2. The van der Waals surface area contributed by atoms with Gasteiger partial charge in [-0.25, -0.2) is 4.39 Å². The average molecular weight is 667 g/mol. The summed E-state index contributed by atoms with van der Waals surface area (Å²) in [7, 11) is 1.23. The number of carbonyl (C=O) groups excluding carboxylic acids is 3. The molecule has 0 aliphatic heterocycles. The smallest absolute Gasteiger partial charge is 0.407 e. The highest BCUT2D eigenvalue weighted by molar-refractivity contribution is 5.93. The zero-order chi connectivity index (χ0) is 35.1. The van der Waals surface area contributed by atoms with Gasteiger partial charge in [-0.15, -0.1) is 0 Å². The quantitative estimate of drug-likeness (QED) is 0.152.